The van der Waals surface area contributed by atoms with E-state index < -0.39 is 0 Å². The lowest BCUT2D eigenvalue weighted by atomic mass is 10.1. The Hall–Kier alpha value is -1.62. The van der Waals surface area contributed by atoms with Crippen molar-refractivity contribution in [1.29, 1.82) is 0 Å². The molecule has 1 N–H and O–H groups in total. The van der Waals surface area contributed by atoms with Gasteiger partial charge < -0.3 is 9.64 Å². The molecule has 17 heavy (non-hydrogen) atoms. The number of ether oxygens (including phenoxy) is 1. The molecule has 0 bridgehead atoms. The molecule has 1 saturated heterocycles. The number of fused-ring (bicyclic) bond motifs is 1. The Labute approximate surface area is 99.8 Å². The average Bonchev–Trinajstić information content (AvgIpc) is 2.76. The number of rotatable bonds is 2. The molecule has 0 spiro atoms. The summed E-state index contributed by atoms with van der Waals surface area (Å²) in [5.74, 6) is 0.683. The van der Waals surface area contributed by atoms with E-state index >= 15 is 0 Å². The standard InChI is InChI=1S/C12H16N4O/c1-16-7-4-9(5-8-16)17-12-10-3-2-6-13-11(10)14-15-12/h2-3,6,9H,4-5,7-8H2,1H3,(H,13,14,15). The van der Waals surface area contributed by atoms with Gasteiger partial charge in [0.15, 0.2) is 5.65 Å². The number of hydrogen-bond acceptors (Lipinski definition) is 4. The van der Waals surface area contributed by atoms with Gasteiger partial charge in [-0.1, -0.05) is 0 Å². The highest BCUT2D eigenvalue weighted by atomic mass is 16.5. The Morgan fingerprint density at radius 3 is 3.06 bits per heavy atom. The Kier molecular flexibility index (Phi) is 2.68. The van der Waals surface area contributed by atoms with Crippen LogP contribution in [0.3, 0.4) is 0 Å². The summed E-state index contributed by atoms with van der Waals surface area (Å²) < 4.78 is 5.95. The maximum absolute atomic E-state index is 5.95. The zero-order valence-electron chi connectivity index (χ0n) is 9.89. The summed E-state index contributed by atoms with van der Waals surface area (Å²) in [7, 11) is 2.14. The molecule has 0 saturated carbocycles. The highest BCUT2D eigenvalue weighted by molar-refractivity contribution is 5.80. The maximum atomic E-state index is 5.95. The van der Waals surface area contributed by atoms with Crippen LogP contribution in [0.5, 0.6) is 5.88 Å². The third-order valence-corrected chi connectivity index (χ3v) is 3.25. The van der Waals surface area contributed by atoms with Gasteiger partial charge in [-0.05, 0) is 32.0 Å². The molecule has 0 radical (unpaired) electrons. The second-order valence-corrected chi connectivity index (χ2v) is 4.55. The first-order valence-corrected chi connectivity index (χ1v) is 5.97. The van der Waals surface area contributed by atoms with Crippen LogP contribution in [0.2, 0.25) is 0 Å². The van der Waals surface area contributed by atoms with Crippen molar-refractivity contribution in [2.24, 2.45) is 0 Å². The van der Waals surface area contributed by atoms with Crippen molar-refractivity contribution in [3.05, 3.63) is 18.3 Å². The van der Waals surface area contributed by atoms with Gasteiger partial charge in [-0.2, -0.15) is 0 Å². The number of likely N-dealkylation sites (tertiary alicyclic amines) is 1. The number of piperidine rings is 1. The second kappa shape index (κ2) is 4.33. The van der Waals surface area contributed by atoms with Gasteiger partial charge in [-0.25, -0.2) is 4.98 Å². The Bertz CT molecular complexity index is 502. The number of aromatic amines is 1. The van der Waals surface area contributed by atoms with Crippen molar-refractivity contribution < 1.29 is 4.74 Å². The molecule has 0 amide bonds. The Balaban J connectivity index is 1.76. The quantitative estimate of drug-likeness (QED) is 0.851. The van der Waals surface area contributed by atoms with Gasteiger partial charge >= 0.3 is 0 Å². The molecular weight excluding hydrogens is 216 g/mol. The molecule has 90 valence electrons. The van der Waals surface area contributed by atoms with Crippen LogP contribution >= 0.6 is 0 Å². The maximum Gasteiger partial charge on any atom is 0.242 e. The Morgan fingerprint density at radius 2 is 2.24 bits per heavy atom. The van der Waals surface area contributed by atoms with Gasteiger partial charge in [0.2, 0.25) is 5.88 Å². The van der Waals surface area contributed by atoms with Crippen LogP contribution in [0.15, 0.2) is 18.3 Å². The molecular formula is C12H16N4O. The van der Waals surface area contributed by atoms with Gasteiger partial charge in [-0.3, -0.25) is 5.10 Å². The zero-order valence-corrected chi connectivity index (χ0v) is 9.89. The van der Waals surface area contributed by atoms with Crippen LogP contribution in [-0.2, 0) is 0 Å². The third kappa shape index (κ3) is 2.10. The molecule has 0 unspecified atom stereocenters. The minimum Gasteiger partial charge on any atom is -0.473 e. The second-order valence-electron chi connectivity index (χ2n) is 4.55. The van der Waals surface area contributed by atoms with Gasteiger partial charge in [0, 0.05) is 19.3 Å². The number of nitrogens with one attached hydrogen (secondary N) is 1. The van der Waals surface area contributed by atoms with E-state index in [-0.39, 0.29) is 6.10 Å². The van der Waals surface area contributed by atoms with E-state index in [1.807, 2.05) is 12.1 Å². The minimum absolute atomic E-state index is 0.276. The first-order chi connectivity index (χ1) is 8.33. The number of nitrogens with zero attached hydrogens (tertiary/aromatic N) is 3. The molecule has 5 nitrogen and oxygen atoms in total. The molecule has 3 heterocycles. The van der Waals surface area contributed by atoms with Crippen molar-refractivity contribution in [2.75, 3.05) is 20.1 Å². The fourth-order valence-electron chi connectivity index (χ4n) is 2.18. The van der Waals surface area contributed by atoms with E-state index in [1.165, 1.54) is 0 Å². The lowest BCUT2D eigenvalue weighted by Gasteiger charge is -2.28. The SMILES string of the molecule is CN1CCC(Oc2n[nH]c3ncccc23)CC1. The van der Waals surface area contributed by atoms with E-state index in [1.54, 1.807) is 6.20 Å². The van der Waals surface area contributed by atoms with Crippen molar-refractivity contribution >= 4 is 11.0 Å². The van der Waals surface area contributed by atoms with Crippen LogP contribution in [0.25, 0.3) is 11.0 Å². The zero-order chi connectivity index (χ0) is 11.7. The van der Waals surface area contributed by atoms with E-state index in [4.69, 9.17) is 4.74 Å². The minimum atomic E-state index is 0.276. The van der Waals surface area contributed by atoms with Gasteiger partial charge in [-0.15, -0.1) is 5.10 Å². The molecule has 1 aliphatic heterocycles. The largest absolute Gasteiger partial charge is 0.473 e. The summed E-state index contributed by atoms with van der Waals surface area (Å²) in [5.41, 5.74) is 0.787. The van der Waals surface area contributed by atoms with Crippen LogP contribution < -0.4 is 4.74 Å². The van der Waals surface area contributed by atoms with Gasteiger partial charge in [0.1, 0.15) is 6.10 Å². The van der Waals surface area contributed by atoms with E-state index in [9.17, 15) is 0 Å². The van der Waals surface area contributed by atoms with Gasteiger partial charge in [0.05, 0.1) is 5.39 Å². The lowest BCUT2D eigenvalue weighted by molar-refractivity contribution is 0.111. The van der Waals surface area contributed by atoms with E-state index in [2.05, 4.69) is 27.1 Å². The number of hydrogen-bond donors (Lipinski definition) is 1. The van der Waals surface area contributed by atoms with Gasteiger partial charge in [0.25, 0.3) is 0 Å². The molecule has 0 aromatic carbocycles. The monoisotopic (exact) mass is 232 g/mol. The summed E-state index contributed by atoms with van der Waals surface area (Å²) in [5, 5.41) is 8.04. The highest BCUT2D eigenvalue weighted by Crippen LogP contribution is 2.23. The van der Waals surface area contributed by atoms with Crippen molar-refractivity contribution in [1.82, 2.24) is 20.1 Å². The third-order valence-electron chi connectivity index (χ3n) is 3.25. The summed E-state index contributed by atoms with van der Waals surface area (Å²) in [6, 6.07) is 3.88. The predicted molar refractivity (Wildman–Crippen MR) is 65.0 cm³/mol. The molecule has 1 fully saturated rings. The normalized spacial score (nSPS) is 18.6. The average molecular weight is 232 g/mol. The summed E-state index contributed by atoms with van der Waals surface area (Å²) in [6.07, 6.45) is 4.15. The van der Waals surface area contributed by atoms with Crippen molar-refractivity contribution in [3.8, 4) is 5.88 Å². The van der Waals surface area contributed by atoms with Crippen molar-refractivity contribution in [3.63, 3.8) is 0 Å². The first kappa shape index (κ1) is 10.5. The molecule has 3 rings (SSSR count). The number of H-pyrrole nitrogens is 1. The summed E-state index contributed by atoms with van der Waals surface area (Å²) >= 11 is 0. The topological polar surface area (TPSA) is 54.0 Å². The molecule has 1 aliphatic rings. The fraction of sp³-hybridized carbons (Fsp3) is 0.500. The van der Waals surface area contributed by atoms with E-state index in [0.29, 0.717) is 5.88 Å². The number of pyridine rings is 1. The number of aromatic nitrogens is 3. The van der Waals surface area contributed by atoms with Crippen LogP contribution in [0.4, 0.5) is 0 Å². The summed E-state index contributed by atoms with van der Waals surface area (Å²) in [6.45, 7) is 2.18. The lowest BCUT2D eigenvalue weighted by Crippen LogP contribution is -2.35. The first-order valence-electron chi connectivity index (χ1n) is 5.97. The molecule has 5 heteroatoms. The molecule has 2 aromatic heterocycles. The van der Waals surface area contributed by atoms with Crippen LogP contribution in [0, 0.1) is 0 Å². The fourth-order valence-corrected chi connectivity index (χ4v) is 2.18. The van der Waals surface area contributed by atoms with E-state index in [0.717, 1.165) is 37.0 Å². The molecule has 0 atom stereocenters. The smallest absolute Gasteiger partial charge is 0.242 e. The Morgan fingerprint density at radius 1 is 1.41 bits per heavy atom. The van der Waals surface area contributed by atoms with Crippen LogP contribution in [-0.4, -0.2) is 46.3 Å². The van der Waals surface area contributed by atoms with Crippen LogP contribution in [0.1, 0.15) is 12.8 Å². The van der Waals surface area contributed by atoms with Crippen molar-refractivity contribution in [2.45, 2.75) is 18.9 Å². The molecule has 2 aromatic rings. The predicted octanol–water partition coefficient (Wildman–Crippen LogP) is 1.43. The molecule has 0 aliphatic carbocycles. The summed E-state index contributed by atoms with van der Waals surface area (Å²) in [4.78, 5) is 6.52. The highest BCUT2D eigenvalue weighted by Gasteiger charge is 2.20.